The van der Waals surface area contributed by atoms with Crippen molar-refractivity contribution in [3.05, 3.63) is 89.5 Å². The van der Waals surface area contributed by atoms with Gasteiger partial charge in [-0.25, -0.2) is 4.79 Å². The van der Waals surface area contributed by atoms with Crippen molar-refractivity contribution < 1.29 is 29.0 Å². The third-order valence-electron chi connectivity index (χ3n) is 7.71. The summed E-state index contributed by atoms with van der Waals surface area (Å²) in [7, 11) is 1.56. The van der Waals surface area contributed by atoms with E-state index in [2.05, 4.69) is 23.5 Å². The van der Waals surface area contributed by atoms with Crippen LogP contribution in [0.3, 0.4) is 0 Å². The van der Waals surface area contributed by atoms with Crippen molar-refractivity contribution in [1.82, 2.24) is 10.2 Å². The molecule has 2 atom stereocenters. The van der Waals surface area contributed by atoms with Gasteiger partial charge in [-0.2, -0.15) is 0 Å². The minimum atomic E-state index is -1.08. The zero-order valence-corrected chi connectivity index (χ0v) is 28.8. The summed E-state index contributed by atoms with van der Waals surface area (Å²) in [4.78, 5) is 43.6. The highest BCUT2D eigenvalue weighted by Gasteiger charge is 2.36. The highest BCUT2D eigenvalue weighted by atomic mass is 16.6. The third kappa shape index (κ3) is 12.0. The molecule has 2 unspecified atom stereocenters. The zero-order chi connectivity index (χ0) is 35.1. The van der Waals surface area contributed by atoms with Crippen LogP contribution in [0, 0.1) is 12.3 Å². The Kier molecular flexibility index (Phi) is 14.4. The van der Waals surface area contributed by atoms with Gasteiger partial charge in [-0.1, -0.05) is 69.2 Å². The first-order valence-electron chi connectivity index (χ1n) is 16.5. The molecular formula is C39H49N3O6. The van der Waals surface area contributed by atoms with Crippen LogP contribution < -0.4 is 15.4 Å². The van der Waals surface area contributed by atoms with Crippen molar-refractivity contribution in [3.8, 4) is 23.8 Å². The van der Waals surface area contributed by atoms with Crippen LogP contribution in [0.15, 0.2) is 72.8 Å². The number of nitrogens with zero attached hydrogens (tertiary/aromatic N) is 1. The van der Waals surface area contributed by atoms with Gasteiger partial charge in [-0.3, -0.25) is 9.59 Å². The molecule has 256 valence electrons. The number of carbonyl (C=O) groups excluding carboxylic acids is 3. The summed E-state index contributed by atoms with van der Waals surface area (Å²) in [6.07, 6.45) is 10.8. The lowest BCUT2D eigenvalue weighted by molar-refractivity contribution is -0.140. The Morgan fingerprint density at radius 2 is 1.52 bits per heavy atom. The SMILES string of the molecule is C#Cc1ccc(C(C(=O)Nc2ccc(OC)cc2)N(CCCCCCCC)C(=O)C(Cc2ccc(O)cc2)NC(=O)OC(C)(C)C)cc1. The van der Waals surface area contributed by atoms with Crippen molar-refractivity contribution in [3.63, 3.8) is 0 Å². The van der Waals surface area contributed by atoms with E-state index in [0.29, 0.717) is 34.5 Å². The number of hydrogen-bond acceptors (Lipinski definition) is 6. The summed E-state index contributed by atoms with van der Waals surface area (Å²) in [6.45, 7) is 7.66. The third-order valence-corrected chi connectivity index (χ3v) is 7.71. The Morgan fingerprint density at radius 3 is 2.10 bits per heavy atom. The van der Waals surface area contributed by atoms with Crippen LogP contribution in [-0.2, 0) is 20.7 Å². The number of benzene rings is 3. The first-order chi connectivity index (χ1) is 22.9. The summed E-state index contributed by atoms with van der Waals surface area (Å²) in [6, 6.07) is 18.2. The molecule has 3 aromatic carbocycles. The number of methoxy groups -OCH3 is 1. The first kappa shape index (κ1) is 37.5. The number of ether oxygens (including phenoxy) is 2. The second-order valence-corrected chi connectivity index (χ2v) is 12.8. The first-order valence-corrected chi connectivity index (χ1v) is 16.5. The number of rotatable bonds is 16. The van der Waals surface area contributed by atoms with Crippen LogP contribution in [0.5, 0.6) is 11.5 Å². The number of phenols is 1. The van der Waals surface area contributed by atoms with Crippen molar-refractivity contribution in [2.24, 2.45) is 0 Å². The second-order valence-electron chi connectivity index (χ2n) is 12.8. The van der Waals surface area contributed by atoms with Crippen molar-refractivity contribution in [1.29, 1.82) is 0 Å². The van der Waals surface area contributed by atoms with Crippen LogP contribution in [0.2, 0.25) is 0 Å². The average molecular weight is 656 g/mol. The molecule has 0 aliphatic rings. The maximum absolute atomic E-state index is 14.7. The quantitative estimate of drug-likeness (QED) is 0.109. The maximum atomic E-state index is 14.7. The van der Waals surface area contributed by atoms with E-state index in [4.69, 9.17) is 15.9 Å². The summed E-state index contributed by atoms with van der Waals surface area (Å²) in [5.41, 5.74) is 1.65. The van der Waals surface area contributed by atoms with E-state index in [1.165, 1.54) is 12.1 Å². The lowest BCUT2D eigenvalue weighted by Crippen LogP contribution is -2.53. The standard InChI is InChI=1S/C39H49N3O6/c1-7-9-10-11-12-13-26-42(37(45)34(41-38(46)48-39(3,4)5)27-29-16-22-32(43)23-17-29)35(30-18-14-28(8-2)15-19-30)36(44)40-31-20-24-33(47-6)25-21-31/h2,14-25,34-35,43H,7,9-13,26-27H2,1,3-6H3,(H,40,44)(H,41,46). The average Bonchev–Trinajstić information content (AvgIpc) is 3.05. The molecule has 0 heterocycles. The number of carbonyl (C=O) groups is 3. The van der Waals surface area contributed by atoms with Gasteiger partial charge in [0.25, 0.3) is 5.91 Å². The van der Waals surface area contributed by atoms with Crippen LogP contribution in [-0.4, -0.2) is 53.2 Å². The Balaban J connectivity index is 2.06. The fourth-order valence-corrected chi connectivity index (χ4v) is 5.27. The highest BCUT2D eigenvalue weighted by molar-refractivity contribution is 5.99. The molecule has 48 heavy (non-hydrogen) atoms. The number of unbranched alkanes of at least 4 members (excludes halogenated alkanes) is 5. The molecule has 0 bridgehead atoms. The Bertz CT molecular complexity index is 1510. The van der Waals surface area contributed by atoms with E-state index in [1.807, 2.05) is 0 Å². The Labute approximate surface area is 285 Å². The van der Waals surface area contributed by atoms with Gasteiger partial charge in [-0.05, 0) is 86.8 Å². The summed E-state index contributed by atoms with van der Waals surface area (Å²) in [5.74, 6) is 2.45. The van der Waals surface area contributed by atoms with E-state index in [-0.39, 0.29) is 18.7 Å². The van der Waals surface area contributed by atoms with Gasteiger partial charge in [0.15, 0.2) is 0 Å². The predicted octanol–water partition coefficient (Wildman–Crippen LogP) is 7.39. The summed E-state index contributed by atoms with van der Waals surface area (Å²) in [5, 5.41) is 15.6. The summed E-state index contributed by atoms with van der Waals surface area (Å²) >= 11 is 0. The van der Waals surface area contributed by atoms with Gasteiger partial charge in [0.1, 0.15) is 29.2 Å². The molecule has 3 aromatic rings. The molecule has 0 aromatic heterocycles. The molecule has 0 aliphatic heterocycles. The number of hydrogen-bond donors (Lipinski definition) is 3. The maximum Gasteiger partial charge on any atom is 0.408 e. The Morgan fingerprint density at radius 1 is 0.896 bits per heavy atom. The van der Waals surface area contributed by atoms with E-state index in [9.17, 15) is 19.5 Å². The molecule has 9 nitrogen and oxygen atoms in total. The minimum Gasteiger partial charge on any atom is -0.508 e. The van der Waals surface area contributed by atoms with Gasteiger partial charge >= 0.3 is 6.09 Å². The van der Waals surface area contributed by atoms with Crippen LogP contribution >= 0.6 is 0 Å². The van der Waals surface area contributed by atoms with Crippen LogP contribution in [0.1, 0.15) is 89.0 Å². The van der Waals surface area contributed by atoms with E-state index < -0.39 is 35.6 Å². The van der Waals surface area contributed by atoms with Gasteiger partial charge in [0.2, 0.25) is 5.91 Å². The fourth-order valence-electron chi connectivity index (χ4n) is 5.27. The molecule has 3 rings (SSSR count). The minimum absolute atomic E-state index is 0.0807. The molecule has 9 heteroatoms. The monoisotopic (exact) mass is 655 g/mol. The Hall–Kier alpha value is -4.97. The second kappa shape index (κ2) is 18.4. The number of amides is 3. The fraction of sp³-hybridized carbons (Fsp3) is 0.410. The molecule has 0 fully saturated rings. The van der Waals surface area contributed by atoms with E-state index in [0.717, 1.165) is 32.1 Å². The molecule has 0 saturated carbocycles. The lowest BCUT2D eigenvalue weighted by atomic mass is 9.98. The van der Waals surface area contributed by atoms with Gasteiger partial charge in [0.05, 0.1) is 7.11 Å². The normalized spacial score (nSPS) is 12.2. The molecule has 0 aliphatic carbocycles. The molecule has 0 spiro atoms. The van der Waals surface area contributed by atoms with E-state index in [1.54, 1.807) is 93.4 Å². The number of anilines is 1. The number of terminal acetylenes is 1. The molecule has 0 radical (unpaired) electrons. The zero-order valence-electron chi connectivity index (χ0n) is 28.8. The largest absolute Gasteiger partial charge is 0.508 e. The van der Waals surface area contributed by atoms with Crippen molar-refractivity contribution >= 4 is 23.6 Å². The van der Waals surface area contributed by atoms with Crippen molar-refractivity contribution in [2.75, 3.05) is 19.0 Å². The smallest absolute Gasteiger partial charge is 0.408 e. The topological polar surface area (TPSA) is 117 Å². The molecule has 3 N–H and O–H groups in total. The predicted molar refractivity (Wildman–Crippen MR) is 189 cm³/mol. The van der Waals surface area contributed by atoms with Crippen LogP contribution in [0.4, 0.5) is 10.5 Å². The van der Waals surface area contributed by atoms with Gasteiger partial charge < -0.3 is 30.1 Å². The highest BCUT2D eigenvalue weighted by Crippen LogP contribution is 2.27. The van der Waals surface area contributed by atoms with Gasteiger partial charge in [0, 0.05) is 24.2 Å². The molecule has 3 amide bonds. The van der Waals surface area contributed by atoms with Crippen LogP contribution in [0.25, 0.3) is 0 Å². The summed E-state index contributed by atoms with van der Waals surface area (Å²) < 4.78 is 10.8. The van der Waals surface area contributed by atoms with Gasteiger partial charge in [-0.15, -0.1) is 6.42 Å². The number of alkyl carbamates (subject to hydrolysis) is 1. The number of nitrogens with one attached hydrogen (secondary N) is 2. The number of phenolic OH excluding ortho intramolecular Hbond substituents is 1. The molecule has 0 saturated heterocycles. The lowest BCUT2D eigenvalue weighted by Gasteiger charge is -2.35. The van der Waals surface area contributed by atoms with E-state index >= 15 is 0 Å². The molecular weight excluding hydrogens is 606 g/mol. The number of aromatic hydroxyl groups is 1. The van der Waals surface area contributed by atoms with Crippen molar-refractivity contribution in [2.45, 2.75) is 90.3 Å².